The topological polar surface area (TPSA) is 66.4 Å². The lowest BCUT2D eigenvalue weighted by Gasteiger charge is -2.16. The molecule has 0 saturated carbocycles. The first kappa shape index (κ1) is 15.2. The Morgan fingerprint density at radius 3 is 2.32 bits per heavy atom. The number of carboxylic acid groups (broad SMARTS) is 1. The van der Waals surface area contributed by atoms with Gasteiger partial charge in [-0.3, -0.25) is 4.79 Å². The van der Waals surface area contributed by atoms with Crippen LogP contribution in [-0.4, -0.2) is 23.2 Å². The highest BCUT2D eigenvalue weighted by atomic mass is 35.5. The highest BCUT2D eigenvalue weighted by molar-refractivity contribution is 6.30. The van der Waals surface area contributed by atoms with Crippen molar-refractivity contribution in [3.63, 3.8) is 0 Å². The van der Waals surface area contributed by atoms with Gasteiger partial charge in [-0.25, -0.2) is 9.18 Å². The SMILES string of the molecule is O=C(O)C(NC(=O)C(F)(F)F)c1ccc(F)c(Cl)c1. The largest absolute Gasteiger partial charge is 0.479 e. The number of halogens is 5. The monoisotopic (exact) mass is 299 g/mol. The average Bonchev–Trinajstić information content (AvgIpc) is 2.27. The molecule has 19 heavy (non-hydrogen) atoms. The van der Waals surface area contributed by atoms with Crippen molar-refractivity contribution in [1.29, 1.82) is 0 Å². The van der Waals surface area contributed by atoms with Gasteiger partial charge in [-0.15, -0.1) is 0 Å². The van der Waals surface area contributed by atoms with Gasteiger partial charge in [0.1, 0.15) is 5.82 Å². The Balaban J connectivity index is 3.05. The van der Waals surface area contributed by atoms with Gasteiger partial charge >= 0.3 is 18.1 Å². The van der Waals surface area contributed by atoms with Crippen molar-refractivity contribution in [2.24, 2.45) is 0 Å². The summed E-state index contributed by atoms with van der Waals surface area (Å²) in [6.45, 7) is 0. The number of nitrogens with one attached hydrogen (secondary N) is 1. The number of hydrogen-bond acceptors (Lipinski definition) is 2. The van der Waals surface area contributed by atoms with Crippen LogP contribution in [0, 0.1) is 5.82 Å². The average molecular weight is 300 g/mol. The number of carboxylic acids is 1. The fourth-order valence-corrected chi connectivity index (χ4v) is 1.38. The molecule has 0 heterocycles. The molecular formula is C10H6ClF4NO3. The molecular weight excluding hydrogens is 294 g/mol. The van der Waals surface area contributed by atoms with Crippen LogP contribution < -0.4 is 5.32 Å². The first-order chi connectivity index (χ1) is 8.62. The van der Waals surface area contributed by atoms with Crippen LogP contribution in [0.1, 0.15) is 11.6 Å². The molecule has 1 aromatic carbocycles. The van der Waals surface area contributed by atoms with E-state index in [-0.39, 0.29) is 5.56 Å². The van der Waals surface area contributed by atoms with E-state index in [0.717, 1.165) is 18.2 Å². The summed E-state index contributed by atoms with van der Waals surface area (Å²) >= 11 is 5.39. The highest BCUT2D eigenvalue weighted by Crippen LogP contribution is 2.23. The zero-order chi connectivity index (χ0) is 14.8. The molecule has 2 N–H and O–H groups in total. The fraction of sp³-hybridized carbons (Fsp3) is 0.200. The molecule has 0 aliphatic heterocycles. The lowest BCUT2D eigenvalue weighted by Crippen LogP contribution is -2.41. The normalized spacial score (nSPS) is 12.9. The minimum absolute atomic E-state index is 0.281. The number of benzene rings is 1. The van der Waals surface area contributed by atoms with Crippen LogP contribution in [0.25, 0.3) is 0 Å². The maximum Gasteiger partial charge on any atom is 0.471 e. The van der Waals surface area contributed by atoms with Crippen LogP contribution in [0.15, 0.2) is 18.2 Å². The Morgan fingerprint density at radius 2 is 1.89 bits per heavy atom. The summed E-state index contributed by atoms with van der Waals surface area (Å²) in [5.41, 5.74) is -0.281. The van der Waals surface area contributed by atoms with E-state index in [0.29, 0.717) is 0 Å². The van der Waals surface area contributed by atoms with Crippen LogP contribution in [0.5, 0.6) is 0 Å². The van der Waals surface area contributed by atoms with Crippen molar-refractivity contribution in [2.75, 3.05) is 0 Å². The molecule has 4 nitrogen and oxygen atoms in total. The Kier molecular flexibility index (Phi) is 4.35. The van der Waals surface area contributed by atoms with Gasteiger partial charge in [-0.2, -0.15) is 13.2 Å². The van der Waals surface area contributed by atoms with E-state index >= 15 is 0 Å². The second kappa shape index (κ2) is 5.43. The van der Waals surface area contributed by atoms with Crippen molar-refractivity contribution in [2.45, 2.75) is 12.2 Å². The van der Waals surface area contributed by atoms with Crippen LogP contribution in [0.2, 0.25) is 5.02 Å². The van der Waals surface area contributed by atoms with Gasteiger partial charge in [-0.1, -0.05) is 17.7 Å². The highest BCUT2D eigenvalue weighted by Gasteiger charge is 2.41. The third-order valence-electron chi connectivity index (χ3n) is 2.06. The van der Waals surface area contributed by atoms with Crippen LogP contribution in [-0.2, 0) is 9.59 Å². The molecule has 0 radical (unpaired) electrons. The lowest BCUT2D eigenvalue weighted by molar-refractivity contribution is -0.175. The molecule has 1 aromatic rings. The quantitative estimate of drug-likeness (QED) is 0.842. The van der Waals surface area contributed by atoms with Crippen molar-refractivity contribution in [3.05, 3.63) is 34.6 Å². The van der Waals surface area contributed by atoms with Gasteiger partial charge in [0.05, 0.1) is 5.02 Å². The summed E-state index contributed by atoms with van der Waals surface area (Å²) in [6.07, 6.45) is -5.22. The van der Waals surface area contributed by atoms with E-state index in [4.69, 9.17) is 16.7 Å². The lowest BCUT2D eigenvalue weighted by atomic mass is 10.1. The number of rotatable bonds is 3. The maximum atomic E-state index is 12.9. The van der Waals surface area contributed by atoms with Crippen molar-refractivity contribution in [1.82, 2.24) is 5.32 Å². The van der Waals surface area contributed by atoms with E-state index in [1.54, 1.807) is 0 Å². The van der Waals surface area contributed by atoms with Gasteiger partial charge in [0.15, 0.2) is 6.04 Å². The smallest absolute Gasteiger partial charge is 0.471 e. The molecule has 9 heteroatoms. The predicted octanol–water partition coefficient (Wildman–Crippen LogP) is 2.28. The summed E-state index contributed by atoms with van der Waals surface area (Å²) in [6, 6.07) is 0.545. The molecule has 0 spiro atoms. The number of hydrogen-bond donors (Lipinski definition) is 2. The molecule has 1 atom stereocenters. The summed E-state index contributed by atoms with van der Waals surface area (Å²) in [5, 5.41) is 9.59. The molecule has 104 valence electrons. The fourth-order valence-electron chi connectivity index (χ4n) is 1.19. The van der Waals surface area contributed by atoms with Crippen LogP contribution >= 0.6 is 11.6 Å². The number of carbonyl (C=O) groups excluding carboxylic acids is 1. The van der Waals surface area contributed by atoms with Gasteiger partial charge in [0, 0.05) is 0 Å². The van der Waals surface area contributed by atoms with E-state index in [1.807, 2.05) is 0 Å². The first-order valence-corrected chi connectivity index (χ1v) is 5.06. The molecule has 0 aromatic heterocycles. The maximum absolute atomic E-state index is 12.9. The molecule has 1 amide bonds. The molecule has 0 fully saturated rings. The molecule has 1 unspecified atom stereocenters. The Bertz CT molecular complexity index is 518. The Morgan fingerprint density at radius 1 is 1.32 bits per heavy atom. The predicted molar refractivity (Wildman–Crippen MR) is 56.0 cm³/mol. The summed E-state index contributed by atoms with van der Waals surface area (Å²) in [4.78, 5) is 21.5. The zero-order valence-corrected chi connectivity index (χ0v) is 9.72. The standard InChI is InChI=1S/C10H6ClF4NO3/c11-5-3-4(1-2-6(5)12)7(8(17)18)16-9(19)10(13,14)15/h1-3,7H,(H,16,19)(H,17,18). The molecule has 0 bridgehead atoms. The number of alkyl halides is 3. The van der Waals surface area contributed by atoms with Crippen molar-refractivity contribution < 1.29 is 32.3 Å². The molecule has 0 saturated heterocycles. The molecule has 0 aliphatic rings. The van der Waals surface area contributed by atoms with Gasteiger partial charge < -0.3 is 10.4 Å². The number of aliphatic carboxylic acids is 1. The molecule has 0 aliphatic carbocycles. The Hall–Kier alpha value is -1.83. The van der Waals surface area contributed by atoms with Gasteiger partial charge in [0.2, 0.25) is 0 Å². The van der Waals surface area contributed by atoms with Crippen molar-refractivity contribution >= 4 is 23.5 Å². The zero-order valence-electron chi connectivity index (χ0n) is 8.96. The van der Waals surface area contributed by atoms with E-state index < -0.39 is 34.9 Å². The van der Waals surface area contributed by atoms with E-state index in [1.165, 1.54) is 5.32 Å². The van der Waals surface area contributed by atoms with Crippen LogP contribution in [0.4, 0.5) is 17.6 Å². The first-order valence-electron chi connectivity index (χ1n) is 4.68. The minimum Gasteiger partial charge on any atom is -0.479 e. The third-order valence-corrected chi connectivity index (χ3v) is 2.35. The van der Waals surface area contributed by atoms with Crippen molar-refractivity contribution in [3.8, 4) is 0 Å². The van der Waals surface area contributed by atoms with E-state index in [9.17, 15) is 27.2 Å². The summed E-state index contributed by atoms with van der Waals surface area (Å²) in [7, 11) is 0. The minimum atomic E-state index is -5.22. The van der Waals surface area contributed by atoms with Crippen LogP contribution in [0.3, 0.4) is 0 Å². The molecule has 1 rings (SSSR count). The Labute approximate surface area is 109 Å². The second-order valence-electron chi connectivity index (χ2n) is 3.42. The summed E-state index contributed by atoms with van der Waals surface area (Å²) < 4.78 is 49.0. The summed E-state index contributed by atoms with van der Waals surface area (Å²) in [5.74, 6) is -5.02. The second-order valence-corrected chi connectivity index (χ2v) is 3.82. The number of amides is 1. The van der Waals surface area contributed by atoms with Gasteiger partial charge in [-0.05, 0) is 17.7 Å². The van der Waals surface area contributed by atoms with Gasteiger partial charge in [0.25, 0.3) is 0 Å². The number of carbonyl (C=O) groups is 2. The third kappa shape index (κ3) is 3.82. The van der Waals surface area contributed by atoms with E-state index in [2.05, 4.69) is 0 Å².